The van der Waals surface area contributed by atoms with Crippen molar-refractivity contribution in [2.75, 3.05) is 11.9 Å². The lowest BCUT2D eigenvalue weighted by Crippen LogP contribution is -2.16. The predicted molar refractivity (Wildman–Crippen MR) is 102 cm³/mol. The molecule has 0 spiro atoms. The molecule has 0 bridgehead atoms. The number of rotatable bonds is 6. The minimum atomic E-state index is -0.116. The summed E-state index contributed by atoms with van der Waals surface area (Å²) in [6.07, 6.45) is 2.92. The fraction of sp³-hybridized carbons (Fsp3) is 0.412. The Labute approximate surface area is 157 Å². The number of hydrogen-bond acceptors (Lipinski definition) is 7. The van der Waals surface area contributed by atoms with Crippen molar-refractivity contribution >= 4 is 44.0 Å². The van der Waals surface area contributed by atoms with E-state index in [2.05, 4.69) is 15.5 Å². The monoisotopic (exact) mass is 390 g/mol. The quantitative estimate of drug-likeness (QED) is 0.699. The van der Waals surface area contributed by atoms with E-state index in [9.17, 15) is 9.59 Å². The van der Waals surface area contributed by atoms with Crippen LogP contribution in [0, 0.1) is 0 Å². The minimum absolute atomic E-state index is 0.0105. The number of carbonyl (C=O) groups excluding carboxylic acids is 1. The maximum atomic E-state index is 12.3. The van der Waals surface area contributed by atoms with E-state index in [-0.39, 0.29) is 17.6 Å². The van der Waals surface area contributed by atoms with Gasteiger partial charge < -0.3 is 10.1 Å². The molecule has 0 aliphatic carbocycles. The molecule has 7 nitrogen and oxygen atoms in total. The second-order valence-corrected chi connectivity index (χ2v) is 8.17. The number of nitrogens with zero attached hydrogens (tertiary/aromatic N) is 3. The highest BCUT2D eigenvalue weighted by Crippen LogP contribution is 2.31. The third kappa shape index (κ3) is 3.69. The summed E-state index contributed by atoms with van der Waals surface area (Å²) in [6, 6.07) is 7.55. The van der Waals surface area contributed by atoms with Crippen molar-refractivity contribution in [3.8, 4) is 0 Å². The highest BCUT2D eigenvalue weighted by atomic mass is 32.1. The molecule has 1 atom stereocenters. The molecule has 26 heavy (non-hydrogen) atoms. The number of benzene rings is 1. The van der Waals surface area contributed by atoms with Gasteiger partial charge in [0.2, 0.25) is 11.0 Å². The zero-order valence-corrected chi connectivity index (χ0v) is 15.6. The van der Waals surface area contributed by atoms with Crippen molar-refractivity contribution in [2.45, 2.75) is 38.3 Å². The average molecular weight is 390 g/mol. The summed E-state index contributed by atoms with van der Waals surface area (Å²) in [5.41, 5.74) is 0.0105. The highest BCUT2D eigenvalue weighted by molar-refractivity contribution is 7.15. The predicted octanol–water partition coefficient (Wildman–Crippen LogP) is 3.18. The van der Waals surface area contributed by atoms with Crippen molar-refractivity contribution < 1.29 is 9.53 Å². The first-order valence-corrected chi connectivity index (χ1v) is 10.1. The van der Waals surface area contributed by atoms with E-state index in [1.165, 1.54) is 22.9 Å². The summed E-state index contributed by atoms with van der Waals surface area (Å²) in [6.45, 7) is 1.28. The number of hydrogen-bond donors (Lipinski definition) is 1. The van der Waals surface area contributed by atoms with Crippen LogP contribution in [0.5, 0.6) is 0 Å². The Morgan fingerprint density at radius 2 is 2.23 bits per heavy atom. The van der Waals surface area contributed by atoms with Gasteiger partial charge in [0.25, 0.3) is 5.56 Å². The molecule has 1 unspecified atom stereocenters. The van der Waals surface area contributed by atoms with E-state index in [1.54, 1.807) is 3.96 Å². The average Bonchev–Trinajstić information content (AvgIpc) is 3.36. The molecular formula is C17H18N4O3S2. The fourth-order valence-corrected chi connectivity index (χ4v) is 4.79. The Hall–Kier alpha value is -2.10. The molecule has 1 saturated heterocycles. The Kier molecular flexibility index (Phi) is 5.09. The normalized spacial score (nSPS) is 17.0. The summed E-state index contributed by atoms with van der Waals surface area (Å²) >= 11 is 2.80. The zero-order chi connectivity index (χ0) is 17.9. The first kappa shape index (κ1) is 17.3. The van der Waals surface area contributed by atoms with Crippen LogP contribution >= 0.6 is 22.9 Å². The zero-order valence-electron chi connectivity index (χ0n) is 14.0. The van der Waals surface area contributed by atoms with Crippen LogP contribution in [0.25, 0.3) is 10.1 Å². The molecule has 1 aliphatic heterocycles. The van der Waals surface area contributed by atoms with Crippen molar-refractivity contribution in [2.24, 2.45) is 0 Å². The lowest BCUT2D eigenvalue weighted by molar-refractivity contribution is -0.116. The van der Waals surface area contributed by atoms with Crippen LogP contribution in [-0.2, 0) is 16.1 Å². The van der Waals surface area contributed by atoms with Gasteiger partial charge in [-0.25, -0.2) is 0 Å². The topological polar surface area (TPSA) is 86.1 Å². The molecule has 3 heterocycles. The molecule has 0 saturated carbocycles. The number of fused-ring (bicyclic) bond motifs is 1. The maximum Gasteiger partial charge on any atom is 0.268 e. The van der Waals surface area contributed by atoms with Gasteiger partial charge in [-0.15, -0.1) is 10.2 Å². The Bertz CT molecular complexity index is 972. The standard InChI is InChI=1S/C17H18N4O3S2/c22-14(18-17-20-19-15(25-17)12-6-4-10-24-12)8-3-9-21-16(23)11-5-1-2-7-13(11)26-21/h1-2,5,7,12H,3-4,6,8-10H2,(H,18,20,22). The van der Waals surface area contributed by atoms with Crippen LogP contribution in [0.15, 0.2) is 29.1 Å². The molecule has 9 heteroatoms. The van der Waals surface area contributed by atoms with Crippen LogP contribution in [-0.4, -0.2) is 26.7 Å². The van der Waals surface area contributed by atoms with Gasteiger partial charge >= 0.3 is 0 Å². The van der Waals surface area contributed by atoms with E-state index in [4.69, 9.17) is 4.74 Å². The van der Waals surface area contributed by atoms with Gasteiger partial charge in [0, 0.05) is 19.6 Å². The lowest BCUT2D eigenvalue weighted by Gasteiger charge is -2.03. The number of amides is 1. The second kappa shape index (κ2) is 7.65. The largest absolute Gasteiger partial charge is 0.371 e. The summed E-state index contributed by atoms with van der Waals surface area (Å²) < 4.78 is 8.25. The van der Waals surface area contributed by atoms with Crippen LogP contribution in [0.1, 0.15) is 36.8 Å². The number of aryl methyl sites for hydroxylation is 1. The maximum absolute atomic E-state index is 12.3. The number of ether oxygens (including phenoxy) is 1. The van der Waals surface area contributed by atoms with Crippen LogP contribution in [0.3, 0.4) is 0 Å². The van der Waals surface area contributed by atoms with Crippen LogP contribution < -0.4 is 10.9 Å². The van der Waals surface area contributed by atoms with E-state index in [1.807, 2.05) is 24.3 Å². The Morgan fingerprint density at radius 1 is 1.35 bits per heavy atom. The Morgan fingerprint density at radius 3 is 3.04 bits per heavy atom. The summed E-state index contributed by atoms with van der Waals surface area (Å²) in [7, 11) is 0. The summed E-state index contributed by atoms with van der Waals surface area (Å²) in [4.78, 5) is 24.4. The molecule has 136 valence electrons. The number of anilines is 1. The molecule has 1 fully saturated rings. The van der Waals surface area contributed by atoms with E-state index >= 15 is 0 Å². The summed E-state index contributed by atoms with van der Waals surface area (Å²) in [5.74, 6) is -0.116. The molecule has 2 aromatic heterocycles. The van der Waals surface area contributed by atoms with Crippen LogP contribution in [0.4, 0.5) is 5.13 Å². The third-order valence-corrected chi connectivity index (χ3v) is 6.26. The van der Waals surface area contributed by atoms with Gasteiger partial charge in [-0.3, -0.25) is 13.5 Å². The summed E-state index contributed by atoms with van der Waals surface area (Å²) in [5, 5.41) is 12.9. The van der Waals surface area contributed by atoms with Crippen molar-refractivity contribution in [3.05, 3.63) is 39.6 Å². The second-order valence-electron chi connectivity index (χ2n) is 6.09. The third-order valence-electron chi connectivity index (χ3n) is 4.21. The Balaban J connectivity index is 1.30. The molecular weight excluding hydrogens is 372 g/mol. The number of nitrogens with one attached hydrogen (secondary N) is 1. The lowest BCUT2D eigenvalue weighted by atomic mass is 10.2. The van der Waals surface area contributed by atoms with Crippen molar-refractivity contribution in [1.82, 2.24) is 14.2 Å². The smallest absolute Gasteiger partial charge is 0.268 e. The highest BCUT2D eigenvalue weighted by Gasteiger charge is 2.22. The van der Waals surface area contributed by atoms with Gasteiger partial charge in [-0.1, -0.05) is 35.0 Å². The van der Waals surface area contributed by atoms with E-state index in [0.29, 0.717) is 24.5 Å². The SMILES string of the molecule is O=C(CCCn1sc2ccccc2c1=O)Nc1nnc(C2CCCO2)s1. The van der Waals surface area contributed by atoms with E-state index in [0.717, 1.165) is 34.5 Å². The van der Waals surface area contributed by atoms with Gasteiger partial charge in [-0.2, -0.15) is 0 Å². The van der Waals surface area contributed by atoms with Crippen molar-refractivity contribution in [1.29, 1.82) is 0 Å². The molecule has 0 radical (unpaired) electrons. The first-order chi connectivity index (χ1) is 12.7. The molecule has 4 rings (SSSR count). The molecule has 1 amide bonds. The minimum Gasteiger partial charge on any atom is -0.371 e. The van der Waals surface area contributed by atoms with Crippen LogP contribution in [0.2, 0.25) is 0 Å². The number of carbonyl (C=O) groups is 1. The molecule has 1 aliphatic rings. The van der Waals surface area contributed by atoms with E-state index < -0.39 is 0 Å². The van der Waals surface area contributed by atoms with Gasteiger partial charge in [0.1, 0.15) is 11.1 Å². The van der Waals surface area contributed by atoms with Gasteiger partial charge in [-0.05, 0) is 31.4 Å². The molecule has 1 N–H and O–H groups in total. The van der Waals surface area contributed by atoms with Gasteiger partial charge in [0.15, 0.2) is 0 Å². The van der Waals surface area contributed by atoms with Crippen molar-refractivity contribution in [3.63, 3.8) is 0 Å². The number of aromatic nitrogens is 3. The van der Waals surface area contributed by atoms with Gasteiger partial charge in [0.05, 0.1) is 10.1 Å². The molecule has 3 aromatic rings. The molecule has 1 aromatic carbocycles. The first-order valence-electron chi connectivity index (χ1n) is 8.54. The fourth-order valence-electron chi connectivity index (χ4n) is 2.92.